The third kappa shape index (κ3) is 2.72. The van der Waals surface area contributed by atoms with Gasteiger partial charge in [0.1, 0.15) is 11.6 Å². The standard InChI is InChI=1S/C17H13ClF2N2O2S/c18-14-8-11(2-3-15(14)20)25(23,24)22-6-5-17-13(9-22)12-7-10(19)1-4-16(12)21-17/h1-4,7-8,21H,5-6,9H2. The van der Waals surface area contributed by atoms with E-state index in [0.717, 1.165) is 28.9 Å². The highest BCUT2D eigenvalue weighted by molar-refractivity contribution is 7.89. The van der Waals surface area contributed by atoms with E-state index >= 15 is 0 Å². The van der Waals surface area contributed by atoms with Gasteiger partial charge in [-0.3, -0.25) is 0 Å². The first-order chi connectivity index (χ1) is 11.9. The molecule has 1 aliphatic rings. The highest BCUT2D eigenvalue weighted by Crippen LogP contribution is 2.31. The number of nitrogens with zero attached hydrogens (tertiary/aromatic N) is 1. The zero-order valence-corrected chi connectivity index (χ0v) is 14.5. The van der Waals surface area contributed by atoms with Gasteiger partial charge in [-0.25, -0.2) is 17.2 Å². The number of fused-ring (bicyclic) bond motifs is 3. The Hall–Kier alpha value is -1.96. The van der Waals surface area contributed by atoms with Crippen molar-refractivity contribution in [3.63, 3.8) is 0 Å². The maximum absolute atomic E-state index is 13.6. The van der Waals surface area contributed by atoms with E-state index in [-0.39, 0.29) is 28.8 Å². The second kappa shape index (κ2) is 5.79. The summed E-state index contributed by atoms with van der Waals surface area (Å²) in [5.74, 6) is -1.05. The molecule has 0 atom stereocenters. The van der Waals surface area contributed by atoms with Crippen LogP contribution in [-0.2, 0) is 23.0 Å². The molecule has 3 aromatic rings. The lowest BCUT2D eigenvalue weighted by molar-refractivity contribution is 0.391. The van der Waals surface area contributed by atoms with Crippen molar-refractivity contribution in [2.45, 2.75) is 17.9 Å². The zero-order valence-electron chi connectivity index (χ0n) is 12.9. The molecule has 0 amide bonds. The van der Waals surface area contributed by atoms with Crippen LogP contribution in [0.5, 0.6) is 0 Å². The molecule has 1 aliphatic heterocycles. The maximum Gasteiger partial charge on any atom is 0.243 e. The van der Waals surface area contributed by atoms with Crippen LogP contribution >= 0.6 is 11.6 Å². The molecule has 4 nitrogen and oxygen atoms in total. The minimum absolute atomic E-state index is 0.0617. The maximum atomic E-state index is 13.6. The number of hydrogen-bond donors (Lipinski definition) is 1. The highest BCUT2D eigenvalue weighted by atomic mass is 35.5. The first-order valence-corrected chi connectivity index (χ1v) is 9.42. The number of nitrogens with one attached hydrogen (secondary N) is 1. The number of aromatic nitrogens is 1. The van der Waals surface area contributed by atoms with E-state index in [1.807, 2.05) is 0 Å². The smallest absolute Gasteiger partial charge is 0.243 e. The van der Waals surface area contributed by atoms with E-state index < -0.39 is 15.8 Å². The molecule has 0 radical (unpaired) electrons. The summed E-state index contributed by atoms with van der Waals surface area (Å²) in [4.78, 5) is 3.15. The van der Waals surface area contributed by atoms with Gasteiger partial charge in [-0.2, -0.15) is 4.31 Å². The molecular formula is C17H13ClF2N2O2S. The molecule has 25 heavy (non-hydrogen) atoms. The van der Waals surface area contributed by atoms with Gasteiger partial charge >= 0.3 is 0 Å². The van der Waals surface area contributed by atoms with Crippen molar-refractivity contribution >= 4 is 32.5 Å². The van der Waals surface area contributed by atoms with Crippen molar-refractivity contribution < 1.29 is 17.2 Å². The van der Waals surface area contributed by atoms with Gasteiger partial charge in [0.25, 0.3) is 0 Å². The SMILES string of the molecule is O=S(=O)(c1ccc(F)c(Cl)c1)N1CCc2[nH]c3ccc(F)cc3c2C1. The summed E-state index contributed by atoms with van der Waals surface area (Å²) >= 11 is 5.71. The fourth-order valence-corrected chi connectivity index (χ4v) is 4.83. The van der Waals surface area contributed by atoms with Crippen LogP contribution in [-0.4, -0.2) is 24.3 Å². The average Bonchev–Trinajstić information content (AvgIpc) is 2.94. The number of H-pyrrole nitrogens is 1. The topological polar surface area (TPSA) is 53.2 Å². The third-order valence-corrected chi connectivity index (χ3v) is 6.56. The van der Waals surface area contributed by atoms with Gasteiger partial charge in [0.05, 0.1) is 9.92 Å². The summed E-state index contributed by atoms with van der Waals surface area (Å²) in [5, 5.41) is 0.431. The van der Waals surface area contributed by atoms with Gasteiger partial charge in [-0.05, 0) is 42.0 Å². The Labute approximate surface area is 148 Å². The molecular weight excluding hydrogens is 370 g/mol. The minimum Gasteiger partial charge on any atom is -0.358 e. The number of aromatic amines is 1. The van der Waals surface area contributed by atoms with Crippen LogP contribution in [0.3, 0.4) is 0 Å². The molecule has 1 N–H and O–H groups in total. The summed E-state index contributed by atoms with van der Waals surface area (Å²) < 4.78 is 53.9. The van der Waals surface area contributed by atoms with E-state index in [2.05, 4.69) is 4.98 Å². The molecule has 0 fully saturated rings. The summed E-state index contributed by atoms with van der Waals surface area (Å²) in [5.41, 5.74) is 2.44. The fourth-order valence-electron chi connectivity index (χ4n) is 3.15. The van der Waals surface area contributed by atoms with Crippen LogP contribution < -0.4 is 0 Å². The van der Waals surface area contributed by atoms with Gasteiger partial charge in [0.15, 0.2) is 0 Å². The van der Waals surface area contributed by atoms with Crippen molar-refractivity contribution in [1.82, 2.24) is 9.29 Å². The van der Waals surface area contributed by atoms with Gasteiger partial charge in [-0.1, -0.05) is 11.6 Å². The first-order valence-electron chi connectivity index (χ1n) is 7.60. The number of halogens is 3. The Morgan fingerprint density at radius 1 is 1.12 bits per heavy atom. The predicted octanol–water partition coefficient (Wildman–Crippen LogP) is 3.85. The molecule has 1 aromatic heterocycles. The van der Waals surface area contributed by atoms with Gasteiger partial charge in [0.2, 0.25) is 10.0 Å². The van der Waals surface area contributed by atoms with Crippen LogP contribution in [0.15, 0.2) is 41.3 Å². The quantitative estimate of drug-likeness (QED) is 0.732. The molecule has 130 valence electrons. The van der Waals surface area contributed by atoms with Crippen molar-refractivity contribution in [3.05, 3.63) is 64.3 Å². The van der Waals surface area contributed by atoms with E-state index in [1.165, 1.54) is 22.5 Å². The lowest BCUT2D eigenvalue weighted by Crippen LogP contribution is -2.35. The summed E-state index contributed by atoms with van der Waals surface area (Å²) in [6, 6.07) is 7.74. The first kappa shape index (κ1) is 16.5. The number of sulfonamides is 1. The number of rotatable bonds is 2. The second-order valence-corrected chi connectivity index (χ2v) is 8.28. The number of benzene rings is 2. The summed E-state index contributed by atoms with van der Waals surface area (Å²) in [7, 11) is -3.83. The molecule has 0 spiro atoms. The highest BCUT2D eigenvalue weighted by Gasteiger charge is 2.30. The van der Waals surface area contributed by atoms with Gasteiger partial charge < -0.3 is 4.98 Å². The van der Waals surface area contributed by atoms with Crippen molar-refractivity contribution in [3.8, 4) is 0 Å². The average molecular weight is 383 g/mol. The number of hydrogen-bond acceptors (Lipinski definition) is 2. The molecule has 0 bridgehead atoms. The summed E-state index contributed by atoms with van der Waals surface area (Å²) in [6.07, 6.45) is 0.486. The van der Waals surface area contributed by atoms with Crippen LogP contribution in [0.4, 0.5) is 8.78 Å². The Kier molecular flexibility index (Phi) is 3.82. The Morgan fingerprint density at radius 3 is 2.68 bits per heavy atom. The van der Waals surface area contributed by atoms with Crippen LogP contribution in [0.1, 0.15) is 11.3 Å². The summed E-state index contributed by atoms with van der Waals surface area (Å²) in [6.45, 7) is 0.399. The fraction of sp³-hybridized carbons (Fsp3) is 0.176. The molecule has 2 aromatic carbocycles. The molecule has 8 heteroatoms. The third-order valence-electron chi connectivity index (χ3n) is 4.43. The molecule has 2 heterocycles. The minimum atomic E-state index is -3.83. The van der Waals surface area contributed by atoms with Crippen molar-refractivity contribution in [1.29, 1.82) is 0 Å². The van der Waals surface area contributed by atoms with Crippen LogP contribution in [0, 0.1) is 11.6 Å². The van der Waals surface area contributed by atoms with E-state index in [4.69, 9.17) is 11.6 Å². The normalized spacial score (nSPS) is 15.5. The van der Waals surface area contributed by atoms with Gasteiger partial charge in [-0.15, -0.1) is 0 Å². The van der Waals surface area contributed by atoms with E-state index in [9.17, 15) is 17.2 Å². The predicted molar refractivity (Wildman–Crippen MR) is 91.0 cm³/mol. The molecule has 0 unspecified atom stereocenters. The lowest BCUT2D eigenvalue weighted by Gasteiger charge is -2.26. The molecule has 4 rings (SSSR count). The second-order valence-electron chi connectivity index (χ2n) is 5.94. The van der Waals surface area contributed by atoms with Crippen molar-refractivity contribution in [2.24, 2.45) is 0 Å². The Bertz CT molecular complexity index is 1100. The van der Waals surface area contributed by atoms with Crippen LogP contribution in [0.2, 0.25) is 5.02 Å². The monoisotopic (exact) mass is 382 g/mol. The van der Waals surface area contributed by atoms with Crippen LogP contribution in [0.25, 0.3) is 10.9 Å². The van der Waals surface area contributed by atoms with Crippen molar-refractivity contribution in [2.75, 3.05) is 6.54 Å². The largest absolute Gasteiger partial charge is 0.358 e. The lowest BCUT2D eigenvalue weighted by atomic mass is 10.1. The Balaban J connectivity index is 1.75. The Morgan fingerprint density at radius 2 is 1.92 bits per heavy atom. The van der Waals surface area contributed by atoms with E-state index in [1.54, 1.807) is 6.07 Å². The van der Waals surface area contributed by atoms with E-state index in [0.29, 0.717) is 11.8 Å². The van der Waals surface area contributed by atoms with Gasteiger partial charge in [0, 0.05) is 36.1 Å². The molecule has 0 aliphatic carbocycles. The molecule has 0 saturated carbocycles. The molecule has 0 saturated heterocycles. The zero-order chi connectivity index (χ0) is 17.8.